The summed E-state index contributed by atoms with van der Waals surface area (Å²) in [5.41, 5.74) is 7.94. The third-order valence-electron chi connectivity index (χ3n) is 5.51. The summed E-state index contributed by atoms with van der Waals surface area (Å²) in [6.45, 7) is 10.2. The Balaban J connectivity index is 0.000000262. The van der Waals surface area contributed by atoms with Gasteiger partial charge in [-0.2, -0.15) is 0 Å². The maximum atomic E-state index is 14.1. The van der Waals surface area contributed by atoms with Crippen LogP contribution in [-0.4, -0.2) is 12.2 Å². The molecular formula is C33H39FN2. The van der Waals surface area contributed by atoms with Gasteiger partial charge in [0.25, 0.3) is 0 Å². The summed E-state index contributed by atoms with van der Waals surface area (Å²) < 4.78 is 14.1. The summed E-state index contributed by atoms with van der Waals surface area (Å²) in [5.74, 6) is 0. The molecular weight excluding hydrogens is 443 g/mol. The Hall–Kier alpha value is -3.85. The van der Waals surface area contributed by atoms with E-state index < -0.39 is 0 Å². The molecule has 1 atom stereocenters. The number of allylic oxidation sites excluding steroid dienone is 5. The number of hydrogen-bond donors (Lipinski definition) is 1. The molecule has 2 nitrogen and oxygen atoms in total. The lowest BCUT2D eigenvalue weighted by molar-refractivity contribution is 0.0557. The predicted octanol–water partition coefficient (Wildman–Crippen LogP) is 8.99. The number of halogens is 1. The largest absolute Gasteiger partial charge is 0.388 e. The van der Waals surface area contributed by atoms with Crippen LogP contribution >= 0.6 is 0 Å². The summed E-state index contributed by atoms with van der Waals surface area (Å²) in [6.07, 6.45) is 11.4. The van der Waals surface area contributed by atoms with Crippen LogP contribution in [-0.2, 0) is 0 Å². The van der Waals surface area contributed by atoms with Crippen molar-refractivity contribution in [1.82, 2.24) is 10.4 Å². The van der Waals surface area contributed by atoms with E-state index in [2.05, 4.69) is 55.6 Å². The van der Waals surface area contributed by atoms with Crippen LogP contribution in [0.4, 0.5) is 4.48 Å². The van der Waals surface area contributed by atoms with Gasteiger partial charge >= 0.3 is 0 Å². The highest BCUT2D eigenvalue weighted by molar-refractivity contribution is 5.76. The standard InChI is InChI=1S/C19H18FN.C12H15N.C2H6/c1-14-10-15(2)12-18(11-14)17-8-9-21(20)19(13-17)16-6-4-3-5-7-16;1-3-4-10-12(13-2)11-8-6-5-7-9-11;1-2/h3-13,19H,1-2H3;3-10,13H,1-2H3;1-2H3/b;4-3-,12-10-;. The lowest BCUT2D eigenvalue weighted by atomic mass is 9.95. The maximum absolute atomic E-state index is 14.1. The van der Waals surface area contributed by atoms with E-state index in [9.17, 15) is 4.48 Å². The van der Waals surface area contributed by atoms with Crippen LogP contribution in [0.15, 0.2) is 115 Å². The molecule has 1 aliphatic rings. The SMILES string of the molecule is C/C=C\C=C(/NC)c1ccccc1.CC.Cc1cc(C)cc(C2=CC(c3ccccc3)N(F)C=C2)c1. The van der Waals surface area contributed by atoms with Gasteiger partial charge in [0, 0.05) is 18.9 Å². The fourth-order valence-electron chi connectivity index (χ4n) is 3.90. The van der Waals surface area contributed by atoms with Crippen molar-refractivity contribution in [3.8, 4) is 0 Å². The van der Waals surface area contributed by atoms with Gasteiger partial charge in [-0.1, -0.05) is 120 Å². The molecule has 0 bridgehead atoms. The minimum Gasteiger partial charge on any atom is -0.388 e. The van der Waals surface area contributed by atoms with Crippen molar-refractivity contribution in [2.24, 2.45) is 0 Å². The summed E-state index contributed by atoms with van der Waals surface area (Å²) in [4.78, 5) is 0. The number of nitrogens with zero attached hydrogens (tertiary/aromatic N) is 1. The monoisotopic (exact) mass is 482 g/mol. The molecule has 3 aromatic carbocycles. The van der Waals surface area contributed by atoms with Crippen LogP contribution in [0.3, 0.4) is 0 Å². The summed E-state index contributed by atoms with van der Waals surface area (Å²) in [7, 11) is 1.93. The normalized spacial score (nSPS) is 14.9. The number of aryl methyl sites for hydroxylation is 2. The van der Waals surface area contributed by atoms with Crippen molar-refractivity contribution in [3.63, 3.8) is 0 Å². The summed E-state index contributed by atoms with van der Waals surface area (Å²) in [5, 5.41) is 3.91. The fourth-order valence-corrected chi connectivity index (χ4v) is 3.90. The smallest absolute Gasteiger partial charge is 0.105 e. The highest BCUT2D eigenvalue weighted by Crippen LogP contribution is 2.32. The van der Waals surface area contributed by atoms with Gasteiger partial charge in [-0.05, 0) is 61.3 Å². The average molecular weight is 483 g/mol. The van der Waals surface area contributed by atoms with Gasteiger partial charge in [0.1, 0.15) is 6.04 Å². The quantitative estimate of drug-likeness (QED) is 0.288. The van der Waals surface area contributed by atoms with Crippen LogP contribution in [0.25, 0.3) is 11.3 Å². The van der Waals surface area contributed by atoms with E-state index in [4.69, 9.17) is 0 Å². The van der Waals surface area contributed by atoms with Gasteiger partial charge in [-0.25, -0.2) is 5.12 Å². The van der Waals surface area contributed by atoms with Crippen molar-refractivity contribution in [2.45, 2.75) is 40.7 Å². The second kappa shape index (κ2) is 15.2. The van der Waals surface area contributed by atoms with E-state index in [0.717, 1.165) is 27.5 Å². The Morgan fingerprint density at radius 3 is 2.03 bits per heavy atom. The molecule has 1 aliphatic heterocycles. The van der Waals surface area contributed by atoms with Crippen LogP contribution in [0.5, 0.6) is 0 Å². The van der Waals surface area contributed by atoms with E-state index in [1.165, 1.54) is 22.9 Å². The molecule has 4 rings (SSSR count). The first-order chi connectivity index (χ1) is 17.5. The Kier molecular flexibility index (Phi) is 12.0. The number of hydrogen-bond acceptors (Lipinski definition) is 2. The molecule has 3 heteroatoms. The molecule has 0 fully saturated rings. The van der Waals surface area contributed by atoms with Gasteiger partial charge in [0.2, 0.25) is 0 Å². The first kappa shape index (κ1) is 28.4. The average Bonchev–Trinajstić information content (AvgIpc) is 2.91. The van der Waals surface area contributed by atoms with Crippen LogP contribution in [0, 0.1) is 13.8 Å². The van der Waals surface area contributed by atoms with Crippen LogP contribution in [0.2, 0.25) is 0 Å². The molecule has 1 N–H and O–H groups in total. The highest BCUT2D eigenvalue weighted by Gasteiger charge is 2.19. The minimum atomic E-state index is -0.369. The fraction of sp³-hybridized carbons (Fsp3) is 0.212. The zero-order valence-corrected chi connectivity index (χ0v) is 22.4. The zero-order valence-electron chi connectivity index (χ0n) is 22.4. The maximum Gasteiger partial charge on any atom is 0.105 e. The lowest BCUT2D eigenvalue weighted by Crippen LogP contribution is -2.16. The number of rotatable bonds is 5. The zero-order chi connectivity index (χ0) is 26.3. The van der Waals surface area contributed by atoms with Crippen molar-refractivity contribution >= 4 is 11.3 Å². The molecule has 1 unspecified atom stereocenters. The molecule has 3 aromatic rings. The molecule has 188 valence electrons. The molecule has 0 aromatic heterocycles. The van der Waals surface area contributed by atoms with E-state index in [1.807, 2.05) is 101 Å². The van der Waals surface area contributed by atoms with Gasteiger partial charge in [0.05, 0.1) is 0 Å². The third kappa shape index (κ3) is 8.42. The molecule has 0 aliphatic carbocycles. The van der Waals surface area contributed by atoms with E-state index in [1.54, 1.807) is 0 Å². The Morgan fingerprint density at radius 1 is 0.889 bits per heavy atom. The molecule has 0 saturated carbocycles. The molecule has 36 heavy (non-hydrogen) atoms. The minimum absolute atomic E-state index is 0.369. The van der Waals surface area contributed by atoms with Crippen molar-refractivity contribution in [2.75, 3.05) is 7.05 Å². The van der Waals surface area contributed by atoms with Gasteiger partial charge in [-0.15, -0.1) is 0 Å². The molecule has 0 saturated heterocycles. The van der Waals surface area contributed by atoms with Crippen molar-refractivity contribution in [1.29, 1.82) is 0 Å². The second-order valence-electron chi connectivity index (χ2n) is 8.24. The summed E-state index contributed by atoms with van der Waals surface area (Å²) >= 11 is 0. The molecule has 0 amide bonds. The summed E-state index contributed by atoms with van der Waals surface area (Å²) in [6, 6.07) is 26.0. The first-order valence-electron chi connectivity index (χ1n) is 12.6. The van der Waals surface area contributed by atoms with Crippen molar-refractivity contribution in [3.05, 3.63) is 143 Å². The van der Waals surface area contributed by atoms with E-state index >= 15 is 0 Å². The highest BCUT2D eigenvalue weighted by atomic mass is 19.2. The van der Waals surface area contributed by atoms with Crippen molar-refractivity contribution < 1.29 is 4.48 Å². The molecule has 0 spiro atoms. The lowest BCUT2D eigenvalue weighted by Gasteiger charge is -2.24. The Bertz CT molecular complexity index is 1150. The molecule has 1 heterocycles. The van der Waals surface area contributed by atoms with Gasteiger partial charge < -0.3 is 5.32 Å². The third-order valence-corrected chi connectivity index (χ3v) is 5.51. The van der Waals surface area contributed by atoms with Gasteiger partial charge in [0.15, 0.2) is 0 Å². The topological polar surface area (TPSA) is 15.3 Å². The molecule has 0 radical (unpaired) electrons. The predicted molar refractivity (Wildman–Crippen MR) is 155 cm³/mol. The van der Waals surface area contributed by atoms with E-state index in [-0.39, 0.29) is 6.04 Å². The Morgan fingerprint density at radius 2 is 1.47 bits per heavy atom. The van der Waals surface area contributed by atoms with Crippen LogP contribution < -0.4 is 5.32 Å². The van der Waals surface area contributed by atoms with Crippen LogP contribution in [0.1, 0.15) is 54.6 Å². The van der Waals surface area contributed by atoms with Gasteiger partial charge in [-0.3, -0.25) is 0 Å². The number of benzene rings is 3. The first-order valence-corrected chi connectivity index (χ1v) is 12.6. The second-order valence-corrected chi connectivity index (χ2v) is 8.24. The Labute approximate surface area is 217 Å². The van der Waals surface area contributed by atoms with E-state index in [0.29, 0.717) is 0 Å². The number of nitrogens with one attached hydrogen (secondary N) is 1.